The quantitative estimate of drug-likeness (QED) is 0.835. The van der Waals surface area contributed by atoms with Gasteiger partial charge in [-0.2, -0.15) is 0 Å². The lowest BCUT2D eigenvalue weighted by molar-refractivity contribution is -0.116. The summed E-state index contributed by atoms with van der Waals surface area (Å²) in [4.78, 5) is 15.9. The molecular weight excluding hydrogens is 298 g/mol. The lowest BCUT2D eigenvalue weighted by Crippen LogP contribution is -2.14. The number of halogens is 1. The smallest absolute Gasteiger partial charge is 0.225 e. The van der Waals surface area contributed by atoms with Crippen molar-refractivity contribution in [3.8, 4) is 0 Å². The summed E-state index contributed by atoms with van der Waals surface area (Å²) < 4.78 is 0. The first-order chi connectivity index (χ1) is 10.5. The van der Waals surface area contributed by atoms with Crippen molar-refractivity contribution in [1.82, 2.24) is 4.98 Å². The zero-order valence-electron chi connectivity index (χ0n) is 13.0. The van der Waals surface area contributed by atoms with Gasteiger partial charge in [-0.25, -0.2) is 4.98 Å². The first kappa shape index (κ1) is 16.3. The minimum atomic E-state index is -0.0195. The van der Waals surface area contributed by atoms with E-state index in [0.717, 1.165) is 22.0 Å². The Morgan fingerprint density at radius 1 is 1.27 bits per heavy atom. The molecule has 4 nitrogen and oxygen atoms in total. The topological polar surface area (TPSA) is 54.0 Å². The fourth-order valence-electron chi connectivity index (χ4n) is 2.00. The number of carbonyl (C=O) groups excluding carboxylic acids is 1. The van der Waals surface area contributed by atoms with Crippen LogP contribution < -0.4 is 10.6 Å². The van der Waals surface area contributed by atoms with Crippen LogP contribution in [0.1, 0.15) is 25.8 Å². The lowest BCUT2D eigenvalue weighted by atomic mass is 10.1. The third kappa shape index (κ3) is 4.46. The summed E-state index contributed by atoms with van der Waals surface area (Å²) in [7, 11) is 0. The second-order valence-electron chi connectivity index (χ2n) is 5.62. The van der Waals surface area contributed by atoms with E-state index in [2.05, 4.69) is 15.6 Å². The molecule has 0 aliphatic heterocycles. The van der Waals surface area contributed by atoms with Gasteiger partial charge >= 0.3 is 0 Å². The number of hydrogen-bond donors (Lipinski definition) is 2. The minimum Gasteiger partial charge on any atom is -0.354 e. The summed E-state index contributed by atoms with van der Waals surface area (Å²) in [6.07, 6.45) is 2.18. The van der Waals surface area contributed by atoms with Crippen molar-refractivity contribution in [3.05, 3.63) is 47.1 Å². The lowest BCUT2D eigenvalue weighted by Gasteiger charge is -2.11. The minimum absolute atomic E-state index is 0.0195. The van der Waals surface area contributed by atoms with Crippen molar-refractivity contribution < 1.29 is 4.79 Å². The number of benzene rings is 1. The van der Waals surface area contributed by atoms with Gasteiger partial charge in [-0.15, -0.1) is 0 Å². The molecule has 2 aromatic rings. The largest absolute Gasteiger partial charge is 0.354 e. The molecule has 0 atom stereocenters. The Labute approximate surface area is 135 Å². The normalized spacial score (nSPS) is 10.6. The Kier molecular flexibility index (Phi) is 5.39. The molecule has 0 fully saturated rings. The average Bonchev–Trinajstić information content (AvgIpc) is 2.45. The Bertz CT molecular complexity index is 653. The van der Waals surface area contributed by atoms with Crippen LogP contribution in [0, 0.1) is 12.8 Å². The van der Waals surface area contributed by atoms with Crippen LogP contribution in [0.15, 0.2) is 36.5 Å². The van der Waals surface area contributed by atoms with Crippen molar-refractivity contribution >= 4 is 34.7 Å². The molecule has 0 bridgehead atoms. The van der Waals surface area contributed by atoms with E-state index in [9.17, 15) is 4.79 Å². The summed E-state index contributed by atoms with van der Waals surface area (Å²) in [5.74, 6) is 0.861. The van der Waals surface area contributed by atoms with E-state index in [1.54, 1.807) is 12.3 Å². The number of carbonyl (C=O) groups is 1. The Balaban J connectivity index is 2.03. The van der Waals surface area contributed by atoms with Crippen LogP contribution in [0.5, 0.6) is 0 Å². The summed E-state index contributed by atoms with van der Waals surface area (Å²) in [6.45, 7) is 5.97. The summed E-state index contributed by atoms with van der Waals surface area (Å²) >= 11 is 6.10. The van der Waals surface area contributed by atoms with E-state index >= 15 is 0 Å². The van der Waals surface area contributed by atoms with E-state index in [1.165, 1.54) is 0 Å². The molecule has 1 aromatic carbocycles. The van der Waals surface area contributed by atoms with Crippen LogP contribution >= 0.6 is 11.6 Å². The molecule has 5 heteroatoms. The first-order valence-corrected chi connectivity index (χ1v) is 7.61. The highest BCUT2D eigenvalue weighted by atomic mass is 35.5. The third-order valence-electron chi connectivity index (χ3n) is 3.17. The summed E-state index contributed by atoms with van der Waals surface area (Å²) in [5.41, 5.74) is 2.76. The Morgan fingerprint density at radius 2 is 2.05 bits per heavy atom. The molecule has 2 rings (SSSR count). The highest BCUT2D eigenvalue weighted by molar-refractivity contribution is 6.31. The highest BCUT2D eigenvalue weighted by Crippen LogP contribution is 2.26. The maximum Gasteiger partial charge on any atom is 0.225 e. The molecule has 0 spiro atoms. The van der Waals surface area contributed by atoms with E-state index in [-0.39, 0.29) is 5.91 Å². The molecule has 0 saturated heterocycles. The Hall–Kier alpha value is -2.07. The first-order valence-electron chi connectivity index (χ1n) is 7.23. The molecule has 1 aromatic heterocycles. The molecule has 0 aliphatic rings. The second-order valence-corrected chi connectivity index (χ2v) is 6.02. The van der Waals surface area contributed by atoms with Gasteiger partial charge in [0.15, 0.2) is 0 Å². The summed E-state index contributed by atoms with van der Waals surface area (Å²) in [6, 6.07) is 9.36. The van der Waals surface area contributed by atoms with Gasteiger partial charge in [-0.3, -0.25) is 4.79 Å². The Morgan fingerprint density at radius 3 is 2.68 bits per heavy atom. The van der Waals surface area contributed by atoms with Gasteiger partial charge in [0.25, 0.3) is 0 Å². The van der Waals surface area contributed by atoms with Crippen molar-refractivity contribution in [1.29, 1.82) is 0 Å². The molecule has 22 heavy (non-hydrogen) atoms. The fraction of sp³-hybridized carbons (Fsp3) is 0.294. The zero-order valence-corrected chi connectivity index (χ0v) is 13.7. The number of anilines is 3. The van der Waals surface area contributed by atoms with Crippen LogP contribution in [-0.4, -0.2) is 10.9 Å². The van der Waals surface area contributed by atoms with Gasteiger partial charge in [0.2, 0.25) is 5.91 Å². The number of aromatic nitrogens is 1. The second kappa shape index (κ2) is 7.27. The average molecular weight is 318 g/mol. The molecule has 0 unspecified atom stereocenters. The summed E-state index contributed by atoms with van der Waals surface area (Å²) in [5, 5.41) is 6.77. The number of hydrogen-bond acceptors (Lipinski definition) is 3. The van der Waals surface area contributed by atoms with E-state index in [0.29, 0.717) is 18.2 Å². The van der Waals surface area contributed by atoms with Crippen LogP contribution in [0.4, 0.5) is 17.2 Å². The molecule has 1 heterocycles. The van der Waals surface area contributed by atoms with Gasteiger partial charge in [0, 0.05) is 17.1 Å². The SMILES string of the molecule is Cc1c(Cl)cccc1Nc1ccc(NC(=O)CC(C)C)nc1. The standard InChI is InChI=1S/C17H20ClN3O/c1-11(2)9-17(22)21-16-8-7-13(10-19-16)20-15-6-4-5-14(18)12(15)3/h4-8,10-11,20H,9H2,1-3H3,(H,19,21,22). The maximum atomic E-state index is 11.7. The van der Waals surface area contributed by atoms with Crippen molar-refractivity contribution in [3.63, 3.8) is 0 Å². The highest BCUT2D eigenvalue weighted by Gasteiger charge is 2.06. The maximum absolute atomic E-state index is 11.7. The van der Waals surface area contributed by atoms with Gasteiger partial charge < -0.3 is 10.6 Å². The predicted molar refractivity (Wildman–Crippen MR) is 91.8 cm³/mol. The number of amides is 1. The molecule has 116 valence electrons. The van der Waals surface area contributed by atoms with Crippen molar-refractivity contribution in [2.24, 2.45) is 5.92 Å². The number of pyridine rings is 1. The van der Waals surface area contributed by atoms with Crippen molar-refractivity contribution in [2.75, 3.05) is 10.6 Å². The van der Waals surface area contributed by atoms with Gasteiger partial charge in [-0.05, 0) is 42.7 Å². The fourth-order valence-corrected chi connectivity index (χ4v) is 2.18. The number of nitrogens with zero attached hydrogens (tertiary/aromatic N) is 1. The monoisotopic (exact) mass is 317 g/mol. The molecule has 0 aliphatic carbocycles. The van der Waals surface area contributed by atoms with Crippen molar-refractivity contribution in [2.45, 2.75) is 27.2 Å². The zero-order chi connectivity index (χ0) is 16.1. The van der Waals surface area contributed by atoms with E-state index < -0.39 is 0 Å². The molecule has 1 amide bonds. The van der Waals surface area contributed by atoms with Crippen LogP contribution in [0.3, 0.4) is 0 Å². The predicted octanol–water partition coefficient (Wildman–Crippen LogP) is 4.77. The van der Waals surface area contributed by atoms with E-state index in [4.69, 9.17) is 11.6 Å². The number of nitrogens with one attached hydrogen (secondary N) is 2. The molecule has 2 N–H and O–H groups in total. The molecule has 0 radical (unpaired) electrons. The molecular formula is C17H20ClN3O. The van der Waals surface area contributed by atoms with Gasteiger partial charge in [0.1, 0.15) is 5.82 Å². The van der Waals surface area contributed by atoms with E-state index in [1.807, 2.05) is 45.0 Å². The van der Waals surface area contributed by atoms with Gasteiger partial charge in [-0.1, -0.05) is 31.5 Å². The van der Waals surface area contributed by atoms with Crippen LogP contribution in [0.2, 0.25) is 5.02 Å². The van der Waals surface area contributed by atoms with Crippen LogP contribution in [0.25, 0.3) is 0 Å². The van der Waals surface area contributed by atoms with Crippen LogP contribution in [-0.2, 0) is 4.79 Å². The van der Waals surface area contributed by atoms with Gasteiger partial charge in [0.05, 0.1) is 11.9 Å². The third-order valence-corrected chi connectivity index (χ3v) is 3.58. The number of rotatable bonds is 5. The molecule has 0 saturated carbocycles.